The Balaban J connectivity index is 3.82. The second-order valence-electron chi connectivity index (χ2n) is 5.81. The molecule has 0 saturated heterocycles. The summed E-state index contributed by atoms with van der Waals surface area (Å²) in [6.07, 6.45) is 3.93. The van der Waals surface area contributed by atoms with Crippen molar-refractivity contribution in [3.8, 4) is 0 Å². The molecule has 0 radical (unpaired) electrons. The first kappa shape index (κ1) is 22.1. The van der Waals surface area contributed by atoms with E-state index in [0.29, 0.717) is 32.6 Å². The van der Waals surface area contributed by atoms with Crippen molar-refractivity contribution in [2.45, 2.75) is 44.6 Å². The molecule has 0 aliphatic heterocycles. The molecule has 0 fully saturated rings. The Morgan fingerprint density at radius 2 is 1.65 bits per heavy atom. The number of rotatable bonds is 15. The van der Waals surface area contributed by atoms with E-state index in [9.17, 15) is 4.79 Å². The molecule has 1 amide bonds. The Kier molecular flexibility index (Phi) is 15.4. The van der Waals surface area contributed by atoms with E-state index >= 15 is 0 Å². The Morgan fingerprint density at radius 1 is 1.04 bits per heavy atom. The number of nitrogens with one attached hydrogen (secondary N) is 1. The fourth-order valence-electron chi connectivity index (χ4n) is 2.00. The van der Waals surface area contributed by atoms with Gasteiger partial charge in [0.2, 0.25) is 0 Å². The molecular formula is C16H34N2O5. The molecule has 138 valence electrons. The lowest BCUT2D eigenvalue weighted by Crippen LogP contribution is -2.32. The fraction of sp³-hybridized carbons (Fsp3) is 0.938. The Labute approximate surface area is 140 Å². The van der Waals surface area contributed by atoms with Crippen LogP contribution < -0.4 is 5.32 Å². The highest BCUT2D eigenvalue weighted by molar-refractivity contribution is 5.67. The minimum atomic E-state index is -0.431. The number of alkyl carbamates (subject to hydrolysis) is 1. The van der Waals surface area contributed by atoms with Gasteiger partial charge in [0.25, 0.3) is 0 Å². The topological polar surface area (TPSA) is 91.3 Å². The number of carbonyl (C=O) groups excluding carboxylic acids is 1. The van der Waals surface area contributed by atoms with E-state index in [4.69, 9.17) is 19.7 Å². The summed E-state index contributed by atoms with van der Waals surface area (Å²) in [6.45, 7) is 2.67. The average molecular weight is 334 g/mol. The van der Waals surface area contributed by atoms with Crippen molar-refractivity contribution in [1.29, 1.82) is 0 Å². The molecule has 3 N–H and O–H groups in total. The quantitative estimate of drug-likeness (QED) is 0.387. The van der Waals surface area contributed by atoms with Gasteiger partial charge in [0.05, 0.1) is 13.2 Å². The van der Waals surface area contributed by atoms with Gasteiger partial charge >= 0.3 is 6.09 Å². The Bertz CT molecular complexity index is 267. The Hall–Kier alpha value is -0.890. The van der Waals surface area contributed by atoms with E-state index in [1.54, 1.807) is 0 Å². The van der Waals surface area contributed by atoms with Crippen LogP contribution in [-0.2, 0) is 9.47 Å². The predicted octanol–water partition coefficient (Wildman–Crippen LogP) is 0.985. The molecule has 7 heteroatoms. The first-order chi connectivity index (χ1) is 11.1. The number of aliphatic hydroxyl groups is 2. The summed E-state index contributed by atoms with van der Waals surface area (Å²) in [5, 5.41) is 20.3. The van der Waals surface area contributed by atoms with Gasteiger partial charge in [0.15, 0.2) is 0 Å². The molecule has 0 rings (SSSR count). The zero-order chi connectivity index (χ0) is 17.3. The lowest BCUT2D eigenvalue weighted by molar-refractivity contribution is 0.0766. The lowest BCUT2D eigenvalue weighted by atomic mass is 10.1. The first-order valence-electron chi connectivity index (χ1n) is 8.48. The van der Waals surface area contributed by atoms with Gasteiger partial charge in [-0.25, -0.2) is 4.79 Å². The fourth-order valence-corrected chi connectivity index (χ4v) is 2.00. The van der Waals surface area contributed by atoms with E-state index in [0.717, 1.165) is 32.2 Å². The van der Waals surface area contributed by atoms with Crippen LogP contribution in [0.1, 0.15) is 38.5 Å². The maximum absolute atomic E-state index is 11.8. The lowest BCUT2D eigenvalue weighted by Gasteiger charge is -2.18. The van der Waals surface area contributed by atoms with Gasteiger partial charge in [-0.3, -0.25) is 0 Å². The van der Waals surface area contributed by atoms with Crippen LogP contribution in [0.3, 0.4) is 0 Å². The Morgan fingerprint density at radius 3 is 2.17 bits per heavy atom. The third-order valence-electron chi connectivity index (χ3n) is 3.34. The summed E-state index contributed by atoms with van der Waals surface area (Å²) in [6, 6.07) is 0. The second-order valence-corrected chi connectivity index (χ2v) is 5.81. The first-order valence-corrected chi connectivity index (χ1v) is 8.48. The molecule has 0 bridgehead atoms. The van der Waals surface area contributed by atoms with Crippen LogP contribution in [-0.4, -0.2) is 80.9 Å². The summed E-state index contributed by atoms with van der Waals surface area (Å²) in [4.78, 5) is 13.8. The van der Waals surface area contributed by atoms with Crippen LogP contribution in [0.25, 0.3) is 0 Å². The van der Waals surface area contributed by atoms with Crippen LogP contribution in [0.15, 0.2) is 0 Å². The second kappa shape index (κ2) is 16.0. The van der Waals surface area contributed by atoms with Crippen LogP contribution in [0.4, 0.5) is 4.79 Å². The SMILES string of the molecule is CN(C)CCOCCNC(=O)OC(CCCCO)CCCCO. The number of likely N-dealkylation sites (N-methyl/N-ethyl adjacent to an activating group) is 1. The molecule has 0 aromatic carbocycles. The van der Waals surface area contributed by atoms with Gasteiger partial charge in [0, 0.05) is 26.3 Å². The minimum absolute atomic E-state index is 0.153. The summed E-state index contributed by atoms with van der Waals surface area (Å²) < 4.78 is 10.8. The molecule has 23 heavy (non-hydrogen) atoms. The minimum Gasteiger partial charge on any atom is -0.446 e. The van der Waals surface area contributed by atoms with Crippen LogP contribution in [0.5, 0.6) is 0 Å². The molecular weight excluding hydrogens is 300 g/mol. The number of carbonyl (C=O) groups is 1. The molecule has 0 spiro atoms. The molecule has 0 saturated carbocycles. The van der Waals surface area contributed by atoms with E-state index in [2.05, 4.69) is 5.32 Å². The number of ether oxygens (including phenoxy) is 2. The monoisotopic (exact) mass is 334 g/mol. The number of hydrogen-bond donors (Lipinski definition) is 3. The molecule has 0 unspecified atom stereocenters. The van der Waals surface area contributed by atoms with Crippen LogP contribution >= 0.6 is 0 Å². The van der Waals surface area contributed by atoms with Crippen molar-refractivity contribution in [2.75, 3.05) is 53.6 Å². The number of amides is 1. The highest BCUT2D eigenvalue weighted by atomic mass is 16.6. The normalized spacial score (nSPS) is 11.2. The summed E-state index contributed by atoms with van der Waals surface area (Å²) in [7, 11) is 3.96. The number of unbranched alkanes of at least 4 members (excludes halogenated alkanes) is 2. The molecule has 0 atom stereocenters. The molecule has 7 nitrogen and oxygen atoms in total. The predicted molar refractivity (Wildman–Crippen MR) is 89.5 cm³/mol. The summed E-state index contributed by atoms with van der Waals surface area (Å²) in [5.41, 5.74) is 0. The van der Waals surface area contributed by atoms with Gasteiger partial charge in [-0.2, -0.15) is 0 Å². The van der Waals surface area contributed by atoms with Crippen LogP contribution in [0.2, 0.25) is 0 Å². The van der Waals surface area contributed by atoms with Crippen LogP contribution in [0, 0.1) is 0 Å². The van der Waals surface area contributed by atoms with Gasteiger partial charge in [-0.15, -0.1) is 0 Å². The highest BCUT2D eigenvalue weighted by Crippen LogP contribution is 2.12. The van der Waals surface area contributed by atoms with E-state index in [-0.39, 0.29) is 19.3 Å². The van der Waals surface area contributed by atoms with Crippen molar-refractivity contribution in [1.82, 2.24) is 10.2 Å². The van der Waals surface area contributed by atoms with Gasteiger partial charge in [-0.1, -0.05) is 0 Å². The number of nitrogens with zero attached hydrogens (tertiary/aromatic N) is 1. The maximum Gasteiger partial charge on any atom is 0.407 e. The standard InChI is InChI=1S/C16H34N2O5/c1-18(2)10-14-22-13-9-17-16(21)23-15(7-3-5-11-19)8-4-6-12-20/h15,19-20H,3-14H2,1-2H3,(H,17,21). The summed E-state index contributed by atoms with van der Waals surface area (Å²) >= 11 is 0. The number of aliphatic hydroxyl groups excluding tert-OH is 2. The largest absolute Gasteiger partial charge is 0.446 e. The van der Waals surface area contributed by atoms with Crippen molar-refractivity contribution in [2.24, 2.45) is 0 Å². The van der Waals surface area contributed by atoms with Crippen molar-refractivity contribution in [3.63, 3.8) is 0 Å². The van der Waals surface area contributed by atoms with E-state index < -0.39 is 6.09 Å². The number of hydrogen-bond acceptors (Lipinski definition) is 6. The summed E-state index contributed by atoms with van der Waals surface area (Å²) in [5.74, 6) is 0. The molecule has 0 aliphatic rings. The van der Waals surface area contributed by atoms with Gasteiger partial charge < -0.3 is 29.9 Å². The zero-order valence-corrected chi connectivity index (χ0v) is 14.6. The zero-order valence-electron chi connectivity index (χ0n) is 14.6. The molecule has 0 heterocycles. The smallest absolute Gasteiger partial charge is 0.407 e. The highest BCUT2D eigenvalue weighted by Gasteiger charge is 2.13. The van der Waals surface area contributed by atoms with E-state index in [1.807, 2.05) is 19.0 Å². The van der Waals surface area contributed by atoms with E-state index in [1.165, 1.54) is 0 Å². The van der Waals surface area contributed by atoms with Crippen molar-refractivity contribution in [3.05, 3.63) is 0 Å². The third kappa shape index (κ3) is 15.8. The van der Waals surface area contributed by atoms with Crippen molar-refractivity contribution >= 4 is 6.09 Å². The average Bonchev–Trinajstić information content (AvgIpc) is 2.50. The molecule has 0 aromatic rings. The maximum atomic E-state index is 11.8. The third-order valence-corrected chi connectivity index (χ3v) is 3.34. The molecule has 0 aliphatic carbocycles. The molecule has 0 aromatic heterocycles. The van der Waals surface area contributed by atoms with Gasteiger partial charge in [-0.05, 0) is 52.6 Å². The van der Waals surface area contributed by atoms with Crippen molar-refractivity contribution < 1.29 is 24.5 Å². The van der Waals surface area contributed by atoms with Gasteiger partial charge in [0.1, 0.15) is 6.10 Å².